The zero-order valence-corrected chi connectivity index (χ0v) is 31.1. The van der Waals surface area contributed by atoms with Gasteiger partial charge in [0, 0.05) is 6.42 Å². The molecule has 9 nitrogen and oxygen atoms in total. The fraction of sp³-hybridized carbons (Fsp3) is 0.595. The first-order valence-corrected chi connectivity index (χ1v) is 19.0. The third-order valence-electron chi connectivity index (χ3n) is 8.15. The van der Waals surface area contributed by atoms with Crippen LogP contribution >= 0.6 is 0 Å². The molecule has 7 atom stereocenters. The van der Waals surface area contributed by atoms with Crippen LogP contribution in [0, 0.1) is 0 Å². The van der Waals surface area contributed by atoms with Crippen LogP contribution in [-0.2, 0) is 14.3 Å². The summed E-state index contributed by atoms with van der Waals surface area (Å²) in [6.07, 6.45) is 38.3. The van der Waals surface area contributed by atoms with Crippen molar-refractivity contribution in [3.63, 3.8) is 0 Å². The van der Waals surface area contributed by atoms with E-state index >= 15 is 0 Å². The second-order valence-electron chi connectivity index (χ2n) is 12.6. The summed E-state index contributed by atoms with van der Waals surface area (Å²) in [7, 11) is 0. The van der Waals surface area contributed by atoms with Gasteiger partial charge in [0.25, 0.3) is 0 Å². The summed E-state index contributed by atoms with van der Waals surface area (Å²) in [5.74, 6) is -0.228. The quantitative estimate of drug-likeness (QED) is 0.0393. The normalized spacial score (nSPS) is 23.2. The Bertz CT molecular complexity index is 1110. The number of rotatable bonds is 28. The number of aliphatic hydroxyl groups excluding tert-OH is 5. The highest BCUT2D eigenvalue weighted by atomic mass is 16.7. The second-order valence-corrected chi connectivity index (χ2v) is 12.6. The Morgan fingerprint density at radius 2 is 1.22 bits per heavy atom. The maximum atomic E-state index is 12.7. The second kappa shape index (κ2) is 31.8. The van der Waals surface area contributed by atoms with Crippen LogP contribution in [-0.4, -0.2) is 87.5 Å². The molecule has 6 N–H and O–H groups in total. The number of hydrogen-bond donors (Lipinski definition) is 6. The van der Waals surface area contributed by atoms with E-state index in [4.69, 9.17) is 9.47 Å². The summed E-state index contributed by atoms with van der Waals surface area (Å²) in [4.78, 5) is 12.7. The number of hydrogen-bond acceptors (Lipinski definition) is 8. The summed E-state index contributed by atoms with van der Waals surface area (Å²) >= 11 is 0. The lowest BCUT2D eigenvalue weighted by Gasteiger charge is -2.40. The average molecular weight is 714 g/mol. The van der Waals surface area contributed by atoms with Crippen molar-refractivity contribution < 1.29 is 39.8 Å². The molecular formula is C42H67NO8. The lowest BCUT2D eigenvalue weighted by Crippen LogP contribution is -2.60. The van der Waals surface area contributed by atoms with Crippen LogP contribution in [0.4, 0.5) is 0 Å². The van der Waals surface area contributed by atoms with Crippen molar-refractivity contribution >= 4 is 5.91 Å². The Balaban J connectivity index is 2.24. The van der Waals surface area contributed by atoms with Crippen LogP contribution in [0.1, 0.15) is 104 Å². The lowest BCUT2D eigenvalue weighted by molar-refractivity contribution is -0.302. The summed E-state index contributed by atoms with van der Waals surface area (Å²) in [5, 5.41) is 53.2. The minimum atomic E-state index is -1.57. The number of aliphatic hydroxyl groups is 5. The molecule has 1 rings (SSSR count). The number of ether oxygens (including phenoxy) is 2. The molecule has 1 fully saturated rings. The van der Waals surface area contributed by atoms with E-state index in [9.17, 15) is 30.3 Å². The van der Waals surface area contributed by atoms with Crippen LogP contribution < -0.4 is 5.32 Å². The van der Waals surface area contributed by atoms with Crippen LogP contribution in [0.2, 0.25) is 0 Å². The SMILES string of the molecule is CC/C=C\C/C=C\C/C=C\C/C=C\C/C=C\C/C=C\C/C=C\CCCCCC(=O)NC(COC1OC(CO)C(O)C(O)C1O)C(O)/C=C/CCC. The molecular weight excluding hydrogens is 646 g/mol. The number of amides is 1. The fourth-order valence-corrected chi connectivity index (χ4v) is 5.08. The molecule has 9 heteroatoms. The van der Waals surface area contributed by atoms with Crippen molar-refractivity contribution in [2.45, 2.75) is 147 Å². The molecule has 0 aromatic carbocycles. The fourth-order valence-electron chi connectivity index (χ4n) is 5.08. The van der Waals surface area contributed by atoms with E-state index in [0.717, 1.165) is 77.0 Å². The molecule has 1 saturated heterocycles. The maximum absolute atomic E-state index is 12.7. The Morgan fingerprint density at radius 1 is 0.686 bits per heavy atom. The molecule has 1 heterocycles. The summed E-state index contributed by atoms with van der Waals surface area (Å²) in [5.41, 5.74) is 0. The molecule has 0 aromatic heterocycles. The highest BCUT2D eigenvalue weighted by Crippen LogP contribution is 2.22. The van der Waals surface area contributed by atoms with Crippen molar-refractivity contribution in [1.29, 1.82) is 0 Å². The molecule has 7 unspecified atom stereocenters. The third-order valence-corrected chi connectivity index (χ3v) is 8.15. The molecule has 0 aliphatic carbocycles. The summed E-state index contributed by atoms with van der Waals surface area (Å²) in [6, 6.07) is -0.824. The van der Waals surface area contributed by atoms with Crippen LogP contribution in [0.25, 0.3) is 0 Å². The number of carbonyl (C=O) groups excluding carboxylic acids is 1. The van der Waals surface area contributed by atoms with Crippen LogP contribution in [0.15, 0.2) is 97.2 Å². The zero-order valence-electron chi connectivity index (χ0n) is 31.1. The van der Waals surface area contributed by atoms with Gasteiger partial charge in [0.2, 0.25) is 5.91 Å². The lowest BCUT2D eigenvalue weighted by atomic mass is 9.99. The molecule has 0 spiro atoms. The monoisotopic (exact) mass is 713 g/mol. The largest absolute Gasteiger partial charge is 0.394 e. The minimum absolute atomic E-state index is 0.215. The Labute approximate surface area is 307 Å². The first-order valence-electron chi connectivity index (χ1n) is 19.0. The molecule has 0 radical (unpaired) electrons. The zero-order chi connectivity index (χ0) is 37.4. The van der Waals surface area contributed by atoms with Gasteiger partial charge in [-0.25, -0.2) is 0 Å². The summed E-state index contributed by atoms with van der Waals surface area (Å²) in [6.45, 7) is 3.37. The van der Waals surface area contributed by atoms with Crippen molar-refractivity contribution in [3.8, 4) is 0 Å². The van der Waals surface area contributed by atoms with E-state index in [0.29, 0.717) is 12.8 Å². The van der Waals surface area contributed by atoms with Gasteiger partial charge < -0.3 is 40.3 Å². The molecule has 0 saturated carbocycles. The average Bonchev–Trinajstić information content (AvgIpc) is 3.13. The summed E-state index contributed by atoms with van der Waals surface area (Å²) < 4.78 is 11.0. The van der Waals surface area contributed by atoms with Gasteiger partial charge in [-0.05, 0) is 70.6 Å². The van der Waals surface area contributed by atoms with Crippen molar-refractivity contribution in [1.82, 2.24) is 5.32 Å². The van der Waals surface area contributed by atoms with Crippen molar-refractivity contribution in [3.05, 3.63) is 97.2 Å². The predicted molar refractivity (Wildman–Crippen MR) is 207 cm³/mol. The number of nitrogens with one attached hydrogen (secondary N) is 1. The van der Waals surface area contributed by atoms with Crippen LogP contribution in [0.3, 0.4) is 0 Å². The van der Waals surface area contributed by atoms with E-state index < -0.39 is 49.5 Å². The van der Waals surface area contributed by atoms with E-state index in [2.05, 4.69) is 97.3 Å². The van der Waals surface area contributed by atoms with Gasteiger partial charge in [0.05, 0.1) is 25.4 Å². The van der Waals surface area contributed by atoms with Gasteiger partial charge in [-0.3, -0.25) is 4.79 Å². The molecule has 1 aliphatic rings. The molecule has 288 valence electrons. The van der Waals surface area contributed by atoms with Gasteiger partial charge in [0.15, 0.2) is 6.29 Å². The number of carbonyl (C=O) groups is 1. The smallest absolute Gasteiger partial charge is 0.220 e. The Hall–Kier alpha value is -2.89. The van der Waals surface area contributed by atoms with Gasteiger partial charge >= 0.3 is 0 Å². The van der Waals surface area contributed by atoms with E-state index in [1.54, 1.807) is 6.08 Å². The highest BCUT2D eigenvalue weighted by Gasteiger charge is 2.44. The van der Waals surface area contributed by atoms with E-state index in [1.165, 1.54) is 0 Å². The topological polar surface area (TPSA) is 149 Å². The van der Waals surface area contributed by atoms with Gasteiger partial charge in [-0.1, -0.05) is 124 Å². The predicted octanol–water partition coefficient (Wildman–Crippen LogP) is 6.60. The Morgan fingerprint density at radius 3 is 1.73 bits per heavy atom. The number of unbranched alkanes of at least 4 members (excludes halogenated alkanes) is 4. The standard InChI is InChI=1S/C42H67NO8/c1-3-5-7-8-9-10-11-12-13-14-15-16-17-18-19-20-21-22-23-24-25-26-27-28-30-32-38(46)43-35(36(45)31-29-6-4-2)34-50-42-41(49)40(48)39(47)37(33-44)51-42/h5,7,9-10,12-13,15-16,18-19,21-22,24-25,29,31,35-37,39-42,44-45,47-49H,3-4,6,8,11,14,17,20,23,26-28,30,32-34H2,1-2H3,(H,43,46)/b7-5-,10-9-,13-12-,16-15-,19-18-,22-21-,25-24-,31-29+. The molecule has 0 bridgehead atoms. The molecule has 1 aliphatic heterocycles. The molecule has 1 amide bonds. The molecule has 0 aromatic rings. The first-order chi connectivity index (χ1) is 24.8. The highest BCUT2D eigenvalue weighted by molar-refractivity contribution is 5.76. The minimum Gasteiger partial charge on any atom is -0.394 e. The molecule has 51 heavy (non-hydrogen) atoms. The van der Waals surface area contributed by atoms with Gasteiger partial charge in [0.1, 0.15) is 24.4 Å². The Kier molecular flexibility index (Phi) is 28.8. The number of allylic oxidation sites excluding steroid dienone is 15. The van der Waals surface area contributed by atoms with Crippen molar-refractivity contribution in [2.24, 2.45) is 0 Å². The van der Waals surface area contributed by atoms with Gasteiger partial charge in [-0.2, -0.15) is 0 Å². The van der Waals surface area contributed by atoms with E-state index in [1.807, 2.05) is 13.0 Å². The maximum Gasteiger partial charge on any atom is 0.220 e. The third kappa shape index (κ3) is 23.3. The van der Waals surface area contributed by atoms with Crippen molar-refractivity contribution in [2.75, 3.05) is 13.2 Å². The van der Waals surface area contributed by atoms with Gasteiger partial charge in [-0.15, -0.1) is 0 Å². The first kappa shape index (κ1) is 46.1. The van der Waals surface area contributed by atoms with E-state index in [-0.39, 0.29) is 12.5 Å². The van der Waals surface area contributed by atoms with Crippen LogP contribution in [0.5, 0.6) is 0 Å².